The number of rotatable bonds is 5. The summed E-state index contributed by atoms with van der Waals surface area (Å²) in [6, 6.07) is 3.86. The summed E-state index contributed by atoms with van der Waals surface area (Å²) < 4.78 is 4.62. The van der Waals surface area contributed by atoms with Gasteiger partial charge in [0.15, 0.2) is 0 Å². The van der Waals surface area contributed by atoms with Crippen molar-refractivity contribution < 1.29 is 14.6 Å². The van der Waals surface area contributed by atoms with Gasteiger partial charge in [-0.25, -0.2) is 0 Å². The fourth-order valence-corrected chi connectivity index (χ4v) is 2.73. The minimum atomic E-state index is -0.155. The summed E-state index contributed by atoms with van der Waals surface area (Å²) in [5, 5.41) is 9.83. The van der Waals surface area contributed by atoms with E-state index >= 15 is 0 Å². The second-order valence-corrected chi connectivity index (χ2v) is 5.15. The van der Waals surface area contributed by atoms with Crippen molar-refractivity contribution in [2.45, 2.75) is 44.6 Å². The third-order valence-corrected chi connectivity index (χ3v) is 3.74. The van der Waals surface area contributed by atoms with Crippen LogP contribution < -0.4 is 5.73 Å². The Morgan fingerprint density at radius 2 is 2.11 bits per heavy atom. The zero-order valence-electron chi connectivity index (χ0n) is 11.3. The van der Waals surface area contributed by atoms with Crippen molar-refractivity contribution >= 4 is 5.97 Å². The highest BCUT2D eigenvalue weighted by Gasteiger charge is 2.23. The average molecular weight is 263 g/mol. The molecule has 2 rings (SSSR count). The molecule has 3 N–H and O–H groups in total. The summed E-state index contributed by atoms with van der Waals surface area (Å²) in [4.78, 5) is 11.0. The van der Waals surface area contributed by atoms with Crippen LogP contribution in [-0.4, -0.2) is 24.2 Å². The molecule has 4 nitrogen and oxygen atoms in total. The Labute approximate surface area is 113 Å². The topological polar surface area (TPSA) is 72.5 Å². The Hall–Kier alpha value is -1.55. The molecular formula is C15H21NO3. The van der Waals surface area contributed by atoms with Crippen molar-refractivity contribution in [3.8, 4) is 5.75 Å². The summed E-state index contributed by atoms with van der Waals surface area (Å²) in [6.45, 7) is 0. The third kappa shape index (κ3) is 3.26. The van der Waals surface area contributed by atoms with E-state index in [1.807, 2.05) is 6.07 Å². The molecule has 0 aliphatic heterocycles. The molecule has 1 aromatic rings. The lowest BCUT2D eigenvalue weighted by molar-refractivity contribution is -0.140. The van der Waals surface area contributed by atoms with Gasteiger partial charge in [0, 0.05) is 12.5 Å². The molecule has 0 saturated heterocycles. The van der Waals surface area contributed by atoms with Crippen LogP contribution in [0.25, 0.3) is 0 Å². The SMILES string of the molecule is COC(=O)CCCCc1ccc(O)c2c1CC(N)C2. The zero-order chi connectivity index (χ0) is 13.8. The zero-order valence-corrected chi connectivity index (χ0v) is 11.3. The molecule has 4 heteroatoms. The lowest BCUT2D eigenvalue weighted by Gasteiger charge is -2.09. The molecule has 0 heterocycles. The van der Waals surface area contributed by atoms with Crippen LogP contribution in [0, 0.1) is 0 Å². The number of phenolic OH excluding ortho intramolecular Hbond substituents is 1. The number of carbonyl (C=O) groups is 1. The molecular weight excluding hydrogens is 242 g/mol. The normalized spacial score (nSPS) is 17.3. The minimum Gasteiger partial charge on any atom is -0.508 e. The second-order valence-electron chi connectivity index (χ2n) is 5.15. The summed E-state index contributed by atoms with van der Waals surface area (Å²) in [7, 11) is 1.41. The van der Waals surface area contributed by atoms with Crippen LogP contribution in [-0.2, 0) is 28.8 Å². The predicted octanol–water partition coefficient (Wildman–Crippen LogP) is 1.70. The molecule has 0 amide bonds. The van der Waals surface area contributed by atoms with Gasteiger partial charge in [-0.15, -0.1) is 0 Å². The van der Waals surface area contributed by atoms with Crippen molar-refractivity contribution in [3.63, 3.8) is 0 Å². The fourth-order valence-electron chi connectivity index (χ4n) is 2.73. The standard InChI is InChI=1S/C15H21NO3/c1-19-15(18)5-3-2-4-10-6-7-14(17)13-9-11(16)8-12(10)13/h6-7,11,17H,2-5,8-9,16H2,1H3. The first kappa shape index (κ1) is 13.9. The smallest absolute Gasteiger partial charge is 0.305 e. The first-order valence-electron chi connectivity index (χ1n) is 6.76. The number of methoxy groups -OCH3 is 1. The molecule has 1 aliphatic carbocycles. The maximum absolute atomic E-state index is 11.0. The Balaban J connectivity index is 1.95. The largest absolute Gasteiger partial charge is 0.508 e. The van der Waals surface area contributed by atoms with E-state index in [1.54, 1.807) is 6.07 Å². The molecule has 1 atom stereocenters. The van der Waals surface area contributed by atoms with Gasteiger partial charge in [-0.3, -0.25) is 4.79 Å². The molecule has 0 saturated carbocycles. The fraction of sp³-hybridized carbons (Fsp3) is 0.533. The van der Waals surface area contributed by atoms with Crippen LogP contribution in [0.4, 0.5) is 0 Å². The van der Waals surface area contributed by atoms with Crippen LogP contribution in [0.1, 0.15) is 36.0 Å². The van der Waals surface area contributed by atoms with E-state index in [0.29, 0.717) is 12.2 Å². The molecule has 0 fully saturated rings. The van der Waals surface area contributed by atoms with Gasteiger partial charge >= 0.3 is 5.97 Å². The first-order valence-corrected chi connectivity index (χ1v) is 6.76. The van der Waals surface area contributed by atoms with Gasteiger partial charge in [-0.2, -0.15) is 0 Å². The van der Waals surface area contributed by atoms with Crippen LogP contribution in [0.5, 0.6) is 5.75 Å². The number of phenols is 1. The molecule has 104 valence electrons. The number of hydrogen-bond donors (Lipinski definition) is 2. The lowest BCUT2D eigenvalue weighted by atomic mass is 9.97. The number of aryl methyl sites for hydroxylation is 1. The van der Waals surface area contributed by atoms with E-state index in [0.717, 1.165) is 37.7 Å². The van der Waals surface area contributed by atoms with Gasteiger partial charge in [0.1, 0.15) is 5.75 Å². The molecule has 0 bridgehead atoms. The van der Waals surface area contributed by atoms with Crippen molar-refractivity contribution in [1.82, 2.24) is 0 Å². The molecule has 0 spiro atoms. The molecule has 1 aromatic carbocycles. The van der Waals surface area contributed by atoms with Crippen molar-refractivity contribution in [2.75, 3.05) is 7.11 Å². The summed E-state index contributed by atoms with van der Waals surface area (Å²) >= 11 is 0. The highest BCUT2D eigenvalue weighted by atomic mass is 16.5. The molecule has 1 unspecified atom stereocenters. The number of carbonyl (C=O) groups excluding carboxylic acids is 1. The van der Waals surface area contributed by atoms with Gasteiger partial charge in [-0.1, -0.05) is 6.07 Å². The number of fused-ring (bicyclic) bond motifs is 1. The summed E-state index contributed by atoms with van der Waals surface area (Å²) in [5.41, 5.74) is 9.44. The van der Waals surface area contributed by atoms with E-state index < -0.39 is 0 Å². The lowest BCUT2D eigenvalue weighted by Crippen LogP contribution is -2.19. The second kappa shape index (κ2) is 6.06. The highest BCUT2D eigenvalue weighted by molar-refractivity contribution is 5.69. The Morgan fingerprint density at radius 3 is 2.84 bits per heavy atom. The monoisotopic (exact) mass is 263 g/mol. The van der Waals surface area contributed by atoms with Crippen molar-refractivity contribution in [3.05, 3.63) is 28.8 Å². The number of nitrogens with two attached hydrogens (primary N) is 1. The van der Waals surface area contributed by atoms with E-state index in [1.165, 1.54) is 18.2 Å². The van der Waals surface area contributed by atoms with E-state index in [4.69, 9.17) is 5.73 Å². The number of ether oxygens (including phenoxy) is 1. The van der Waals surface area contributed by atoms with Gasteiger partial charge in [0.2, 0.25) is 0 Å². The Kier molecular flexibility index (Phi) is 4.43. The van der Waals surface area contributed by atoms with Gasteiger partial charge in [-0.05, 0) is 54.9 Å². The number of benzene rings is 1. The minimum absolute atomic E-state index is 0.122. The quantitative estimate of drug-likeness (QED) is 0.626. The number of unbranched alkanes of at least 4 members (excludes halogenated alkanes) is 1. The van der Waals surface area contributed by atoms with Crippen molar-refractivity contribution in [2.24, 2.45) is 5.73 Å². The van der Waals surface area contributed by atoms with Gasteiger partial charge in [0.05, 0.1) is 7.11 Å². The van der Waals surface area contributed by atoms with Crippen LogP contribution in [0.15, 0.2) is 12.1 Å². The van der Waals surface area contributed by atoms with Crippen LogP contribution in [0.3, 0.4) is 0 Å². The molecule has 19 heavy (non-hydrogen) atoms. The molecule has 0 radical (unpaired) electrons. The Bertz CT molecular complexity index is 471. The first-order chi connectivity index (χ1) is 9.11. The molecule has 0 aromatic heterocycles. The van der Waals surface area contributed by atoms with Crippen molar-refractivity contribution in [1.29, 1.82) is 0 Å². The van der Waals surface area contributed by atoms with Gasteiger partial charge in [0.25, 0.3) is 0 Å². The number of esters is 1. The van der Waals surface area contributed by atoms with Gasteiger partial charge < -0.3 is 15.6 Å². The maximum atomic E-state index is 11.0. The summed E-state index contributed by atoms with van der Waals surface area (Å²) in [6.07, 6.45) is 4.77. The average Bonchev–Trinajstić information content (AvgIpc) is 2.79. The van der Waals surface area contributed by atoms with E-state index in [2.05, 4.69) is 4.74 Å². The van der Waals surface area contributed by atoms with E-state index in [-0.39, 0.29) is 12.0 Å². The van der Waals surface area contributed by atoms with E-state index in [9.17, 15) is 9.90 Å². The predicted molar refractivity (Wildman–Crippen MR) is 73.1 cm³/mol. The highest BCUT2D eigenvalue weighted by Crippen LogP contribution is 2.32. The number of aromatic hydroxyl groups is 1. The number of hydrogen-bond acceptors (Lipinski definition) is 4. The third-order valence-electron chi connectivity index (χ3n) is 3.74. The molecule has 1 aliphatic rings. The van der Waals surface area contributed by atoms with Crippen LogP contribution >= 0.6 is 0 Å². The Morgan fingerprint density at radius 1 is 1.37 bits per heavy atom. The summed E-state index contributed by atoms with van der Waals surface area (Å²) in [5.74, 6) is 0.208. The van der Waals surface area contributed by atoms with Crippen LogP contribution in [0.2, 0.25) is 0 Å². The maximum Gasteiger partial charge on any atom is 0.305 e.